The minimum atomic E-state index is -3.93. The van der Waals surface area contributed by atoms with Gasteiger partial charge in [0, 0.05) is 65.2 Å². The molecule has 0 saturated carbocycles. The molecular formula is C38H65Cl4N21O6S7. The Morgan fingerprint density at radius 1 is 0.487 bits per heavy atom. The van der Waals surface area contributed by atoms with Crippen molar-refractivity contribution < 1.29 is 25.3 Å². The van der Waals surface area contributed by atoms with Crippen molar-refractivity contribution in [2.75, 3.05) is 28.7 Å². The van der Waals surface area contributed by atoms with Gasteiger partial charge in [-0.05, 0) is 62.4 Å². The number of nitrogens with zero attached hydrogens (tertiary/aromatic N) is 9. The highest BCUT2D eigenvalue weighted by atomic mass is 35.5. The number of anilines is 2. The van der Waals surface area contributed by atoms with Crippen LogP contribution in [0.15, 0.2) is 96.0 Å². The van der Waals surface area contributed by atoms with Gasteiger partial charge in [0.2, 0.25) is 0 Å². The Hall–Kier alpha value is -4.69. The van der Waals surface area contributed by atoms with E-state index in [1.807, 2.05) is 62.4 Å². The summed E-state index contributed by atoms with van der Waals surface area (Å²) in [6, 6.07) is 21.8. The van der Waals surface area contributed by atoms with Crippen LogP contribution in [0.1, 0.15) is 55.9 Å². The van der Waals surface area contributed by atoms with Gasteiger partial charge < -0.3 is 45.9 Å². The summed E-state index contributed by atoms with van der Waals surface area (Å²) in [7, 11) is -11.7. The van der Waals surface area contributed by atoms with Crippen LogP contribution in [-0.4, -0.2) is 96.8 Å². The van der Waals surface area contributed by atoms with Crippen molar-refractivity contribution in [3.63, 3.8) is 0 Å². The molecule has 0 unspecified atom stereocenters. The number of aliphatic imine (C=N–C) groups is 2. The first kappa shape index (κ1) is 77.8. The quantitative estimate of drug-likeness (QED) is 0.0306. The van der Waals surface area contributed by atoms with E-state index in [0.29, 0.717) is 82.8 Å². The number of thioether (sulfide) groups is 4. The average Bonchev–Trinajstić information content (AvgIpc) is 3.24. The maximum atomic E-state index is 10.7. The smallest absolute Gasteiger partial charge is 0.318 e. The normalized spacial score (nSPS) is 11.2. The van der Waals surface area contributed by atoms with E-state index in [0.717, 1.165) is 28.5 Å². The van der Waals surface area contributed by atoms with Crippen molar-refractivity contribution in [2.45, 2.75) is 56.1 Å². The number of nitrogen functional groups attached to an aromatic ring is 2. The van der Waals surface area contributed by atoms with Crippen LogP contribution in [0.25, 0.3) is 0 Å². The van der Waals surface area contributed by atoms with Gasteiger partial charge >= 0.3 is 30.6 Å². The molecule has 0 aliphatic heterocycles. The van der Waals surface area contributed by atoms with Gasteiger partial charge in [0.25, 0.3) is 0 Å². The van der Waals surface area contributed by atoms with Crippen molar-refractivity contribution in [1.29, 1.82) is 5.41 Å². The molecule has 4 rings (SSSR count). The van der Waals surface area contributed by atoms with Crippen LogP contribution in [0.2, 0.25) is 0 Å². The second-order valence-electron chi connectivity index (χ2n) is 14.0. The highest BCUT2D eigenvalue weighted by Crippen LogP contribution is 2.17. The minimum Gasteiger partial charge on any atom is -0.386 e. The van der Waals surface area contributed by atoms with Crippen LogP contribution in [-0.2, 0) is 53.6 Å². The molecule has 0 amide bonds. The third kappa shape index (κ3) is 45.5. The van der Waals surface area contributed by atoms with Crippen molar-refractivity contribution in [2.24, 2.45) is 73.0 Å². The zero-order valence-electron chi connectivity index (χ0n) is 40.8. The summed E-state index contributed by atoms with van der Waals surface area (Å²) < 4.78 is 73.5. The zero-order chi connectivity index (χ0) is 54.3. The lowest BCUT2D eigenvalue weighted by Crippen LogP contribution is -2.22. The Morgan fingerprint density at radius 3 is 1.08 bits per heavy atom. The van der Waals surface area contributed by atoms with Gasteiger partial charge in [0.05, 0.1) is 22.8 Å². The predicted octanol–water partition coefficient (Wildman–Crippen LogP) is 2.87. The first-order valence-corrected chi connectivity index (χ1v) is 29.3. The Labute approximate surface area is 485 Å². The fourth-order valence-electron chi connectivity index (χ4n) is 4.58. The van der Waals surface area contributed by atoms with Crippen LogP contribution >= 0.6 is 96.7 Å². The lowest BCUT2D eigenvalue weighted by atomic mass is 10.3. The first-order valence-electron chi connectivity index (χ1n) is 20.3. The fraction of sp³-hybridized carbons (Fsp3) is 0.316. The number of hydrogen-bond donors (Lipinski definition) is 12. The molecule has 0 aromatic carbocycles. The van der Waals surface area contributed by atoms with Crippen molar-refractivity contribution in [1.82, 2.24) is 19.9 Å². The van der Waals surface area contributed by atoms with E-state index in [2.05, 4.69) is 43.1 Å². The van der Waals surface area contributed by atoms with E-state index in [9.17, 15) is 25.3 Å². The summed E-state index contributed by atoms with van der Waals surface area (Å²) >= 11 is 5.89. The van der Waals surface area contributed by atoms with Gasteiger partial charge in [-0.15, -0.1) is 62.8 Å². The van der Waals surface area contributed by atoms with Crippen molar-refractivity contribution in [3.05, 3.63) is 95.6 Å². The van der Waals surface area contributed by atoms with Crippen molar-refractivity contribution in [3.8, 4) is 0 Å². The molecule has 27 nitrogen and oxygen atoms in total. The molecule has 4 heterocycles. The molecule has 0 aliphatic carbocycles. The maximum absolute atomic E-state index is 10.7. The molecule has 23 N–H and O–H groups in total. The molecule has 0 aliphatic rings. The van der Waals surface area contributed by atoms with Crippen LogP contribution in [0, 0.1) is 5.41 Å². The molecule has 0 bridgehead atoms. The Balaban J connectivity index is -0.000000454. The largest absolute Gasteiger partial charge is 0.386 e. The molecule has 4 aromatic heterocycles. The number of amidine groups is 4. The third-order valence-corrected chi connectivity index (χ3v) is 12.4. The summed E-state index contributed by atoms with van der Waals surface area (Å²) in [5.41, 5.74) is 47.4. The van der Waals surface area contributed by atoms with E-state index >= 15 is 0 Å². The SMILES string of the molecule is CC(C)=Nc1cccc(CSCCC(N)=NS(N)(=O)=O)n1.Cl.Cl.Cl.Cl.N=C(N)SCc1cccc(N)n1.NC(CCSCc1cccc(N)n1)=NS(N)(=O)=O.NC(N)=Nc1cccc(CSCCC(N)=NS(N)(=O)=O)n1. The third-order valence-electron chi connectivity index (χ3n) is 7.19. The van der Waals surface area contributed by atoms with Gasteiger partial charge in [-0.25, -0.2) is 40.3 Å². The summed E-state index contributed by atoms with van der Waals surface area (Å²) in [6.45, 7) is 3.83. The zero-order valence-corrected chi connectivity index (χ0v) is 49.8. The minimum absolute atomic E-state index is 0. The monoisotopic (exact) mass is 1280 g/mol. The first-order chi connectivity index (χ1) is 33.6. The van der Waals surface area contributed by atoms with Gasteiger partial charge in [0.15, 0.2) is 22.8 Å². The molecule has 428 valence electrons. The van der Waals surface area contributed by atoms with Crippen LogP contribution in [0.3, 0.4) is 0 Å². The number of hydrogen-bond acceptors (Lipinski definition) is 19. The molecule has 76 heavy (non-hydrogen) atoms. The van der Waals surface area contributed by atoms with E-state index < -0.39 is 30.6 Å². The summed E-state index contributed by atoms with van der Waals surface area (Å²) in [5.74, 6) is 6.44. The second-order valence-corrected chi connectivity index (χ2v) is 22.0. The molecule has 0 atom stereocenters. The van der Waals surface area contributed by atoms with E-state index in [4.69, 9.17) is 66.7 Å². The number of pyridine rings is 4. The van der Waals surface area contributed by atoms with Gasteiger partial charge in [-0.3, -0.25) is 5.41 Å². The highest BCUT2D eigenvalue weighted by Gasteiger charge is 2.06. The molecule has 0 radical (unpaired) electrons. The summed E-state index contributed by atoms with van der Waals surface area (Å²) in [5, 5.41) is 21.3. The number of aromatic nitrogens is 4. The Kier molecular flexibility index (Phi) is 42.4. The van der Waals surface area contributed by atoms with Crippen LogP contribution in [0.5, 0.6) is 0 Å². The Bertz CT molecular complexity index is 2750. The molecule has 0 spiro atoms. The number of halogens is 4. The maximum Gasteiger partial charge on any atom is 0.318 e. The van der Waals surface area contributed by atoms with Gasteiger partial charge in [-0.1, -0.05) is 36.0 Å². The van der Waals surface area contributed by atoms with E-state index in [-0.39, 0.29) is 78.3 Å². The lowest BCUT2D eigenvalue weighted by Gasteiger charge is -2.03. The summed E-state index contributed by atoms with van der Waals surface area (Å²) in [4.78, 5) is 25.0. The van der Waals surface area contributed by atoms with Crippen LogP contribution < -0.4 is 61.3 Å². The van der Waals surface area contributed by atoms with E-state index in [1.54, 1.807) is 47.8 Å². The lowest BCUT2D eigenvalue weighted by molar-refractivity contribution is 0.597. The number of guanidine groups is 1. The second kappa shape index (κ2) is 41.4. The molecule has 38 heteroatoms. The van der Waals surface area contributed by atoms with Gasteiger partial charge in [0.1, 0.15) is 29.1 Å². The van der Waals surface area contributed by atoms with Crippen LogP contribution in [0.4, 0.5) is 23.3 Å². The molecule has 0 saturated heterocycles. The standard InChI is InChI=1S/C12H19N5O2S2.C10H17N7O2S2.C9H15N5O2S2.C7H10N4S.4ClH/c1-9(2)15-12-5-3-4-10(16-12)8-20-7-6-11(13)17-21(14,18)19;11-8(17-21(14,18)19)4-5-20-6-7-2-1-3-9(15-7)16-10(12)13;10-8-3-1-2-7(13-8)6-17-5-4-9(11)14-18(12,15)16;8-6-3-1-2-5(11-6)4-12-7(9)10;;;;/h3-5H,6-8H2,1-2H3,(H2,13,17)(H2,14,18,19);1-3H,4-6H2,(H2,11,17)(H2,14,18,19)(H4,12,13,15,16);1-3H,4-6H2,(H2,10,13)(H2,11,14)(H2,12,15,16);1-3H,4H2,(H2,8,11)(H3,9,10);4*1H. The number of rotatable bonds is 22. The number of nitrogens with two attached hydrogens (primary N) is 11. The molecule has 4 aromatic rings. The summed E-state index contributed by atoms with van der Waals surface area (Å²) in [6.07, 6.45) is 1.02. The highest BCUT2D eigenvalue weighted by molar-refractivity contribution is 8.13. The average molecular weight is 1280 g/mol. The van der Waals surface area contributed by atoms with Crippen molar-refractivity contribution >= 4 is 185 Å². The Morgan fingerprint density at radius 2 is 0.789 bits per heavy atom. The molecule has 0 fully saturated rings. The van der Waals surface area contributed by atoms with E-state index in [1.165, 1.54) is 23.5 Å². The predicted molar refractivity (Wildman–Crippen MR) is 328 cm³/mol. The fourth-order valence-corrected chi connectivity index (χ4v) is 8.90. The topological polar surface area (TPSA) is 526 Å². The number of nitrogens with one attached hydrogen (secondary N) is 1. The molecular weight excluding hydrogens is 1210 g/mol. The van der Waals surface area contributed by atoms with Gasteiger partial charge in [-0.2, -0.15) is 65.5 Å².